The Morgan fingerprint density at radius 1 is 0.464 bits per heavy atom. The Balaban J connectivity index is 1.93. The lowest BCUT2D eigenvalue weighted by atomic mass is 9.95. The predicted octanol–water partition coefficient (Wildman–Crippen LogP) is 6.33. The average molecular weight is 368 g/mol. The van der Waals surface area contributed by atoms with Crippen LogP contribution in [0.4, 0.5) is 0 Å². The standard InChI is InChI=1S/C25H20O3/c1-26-23-6-4-5-17-19(23)9-7-15-13-16-8-10-20-18(22(16)14-21(15)17)11-12-24(27-2)25(20)28-3/h4-14H,1-3H3. The second-order valence-electron chi connectivity index (χ2n) is 6.88. The second kappa shape index (κ2) is 6.31. The second-order valence-corrected chi connectivity index (χ2v) is 6.88. The van der Waals surface area contributed by atoms with E-state index in [1.807, 2.05) is 18.2 Å². The lowest BCUT2D eigenvalue weighted by Crippen LogP contribution is -1.92. The van der Waals surface area contributed by atoms with Gasteiger partial charge in [0.1, 0.15) is 5.75 Å². The fourth-order valence-corrected chi connectivity index (χ4v) is 4.20. The van der Waals surface area contributed by atoms with E-state index in [0.717, 1.165) is 33.4 Å². The van der Waals surface area contributed by atoms with Crippen LogP contribution in [0.3, 0.4) is 0 Å². The first-order valence-corrected chi connectivity index (χ1v) is 9.22. The van der Waals surface area contributed by atoms with Crippen molar-refractivity contribution < 1.29 is 14.2 Å². The molecule has 138 valence electrons. The van der Waals surface area contributed by atoms with E-state index in [1.165, 1.54) is 26.9 Å². The zero-order valence-corrected chi connectivity index (χ0v) is 16.1. The number of ether oxygens (including phenoxy) is 3. The topological polar surface area (TPSA) is 27.7 Å². The minimum atomic E-state index is 0.741. The van der Waals surface area contributed by atoms with Crippen molar-refractivity contribution in [3.05, 3.63) is 66.7 Å². The van der Waals surface area contributed by atoms with Gasteiger partial charge in [0.25, 0.3) is 0 Å². The zero-order chi connectivity index (χ0) is 19.3. The summed E-state index contributed by atoms with van der Waals surface area (Å²) in [4.78, 5) is 0. The SMILES string of the molecule is COc1ccc2c(ccc3cc4ccc5c(OC)cccc5c4cc32)c1OC. The molecule has 0 saturated carbocycles. The van der Waals surface area contributed by atoms with Crippen LogP contribution in [0, 0.1) is 0 Å². The third kappa shape index (κ3) is 2.29. The molecule has 3 heteroatoms. The summed E-state index contributed by atoms with van der Waals surface area (Å²) >= 11 is 0. The van der Waals surface area contributed by atoms with Gasteiger partial charge in [0.15, 0.2) is 11.5 Å². The van der Waals surface area contributed by atoms with Crippen LogP contribution in [-0.2, 0) is 0 Å². The maximum Gasteiger partial charge on any atom is 0.168 e. The molecule has 0 radical (unpaired) electrons. The van der Waals surface area contributed by atoms with Gasteiger partial charge >= 0.3 is 0 Å². The number of hydrogen-bond acceptors (Lipinski definition) is 3. The molecule has 0 bridgehead atoms. The highest BCUT2D eigenvalue weighted by molar-refractivity contribution is 6.18. The molecular formula is C25H20O3. The van der Waals surface area contributed by atoms with Crippen molar-refractivity contribution in [1.82, 2.24) is 0 Å². The highest BCUT2D eigenvalue weighted by Gasteiger charge is 2.12. The first kappa shape index (κ1) is 16.7. The molecule has 28 heavy (non-hydrogen) atoms. The van der Waals surface area contributed by atoms with E-state index < -0.39 is 0 Å². The van der Waals surface area contributed by atoms with E-state index in [1.54, 1.807) is 21.3 Å². The molecule has 0 aliphatic carbocycles. The Labute approximate surface area is 163 Å². The van der Waals surface area contributed by atoms with E-state index >= 15 is 0 Å². The molecule has 0 atom stereocenters. The van der Waals surface area contributed by atoms with Crippen LogP contribution in [0.5, 0.6) is 17.2 Å². The Morgan fingerprint density at radius 3 is 1.79 bits per heavy atom. The molecule has 5 aromatic carbocycles. The van der Waals surface area contributed by atoms with Crippen LogP contribution in [0.2, 0.25) is 0 Å². The van der Waals surface area contributed by atoms with Crippen molar-refractivity contribution in [2.75, 3.05) is 21.3 Å². The van der Waals surface area contributed by atoms with Crippen LogP contribution in [0.15, 0.2) is 66.7 Å². The summed E-state index contributed by atoms with van der Waals surface area (Å²) in [6.45, 7) is 0. The van der Waals surface area contributed by atoms with Crippen molar-refractivity contribution in [2.24, 2.45) is 0 Å². The molecule has 0 spiro atoms. The quantitative estimate of drug-likeness (QED) is 0.275. The van der Waals surface area contributed by atoms with Gasteiger partial charge in [-0.3, -0.25) is 0 Å². The summed E-state index contributed by atoms with van der Waals surface area (Å²) in [6.07, 6.45) is 0. The summed E-state index contributed by atoms with van der Waals surface area (Å²) in [5.74, 6) is 2.40. The number of fused-ring (bicyclic) bond motifs is 6. The molecule has 5 aromatic rings. The van der Waals surface area contributed by atoms with Crippen LogP contribution >= 0.6 is 0 Å². The number of hydrogen-bond donors (Lipinski definition) is 0. The molecule has 0 fully saturated rings. The van der Waals surface area contributed by atoms with E-state index in [9.17, 15) is 0 Å². The van der Waals surface area contributed by atoms with Crippen molar-refractivity contribution in [3.8, 4) is 17.2 Å². The Bertz CT molecular complexity index is 1370. The third-order valence-electron chi connectivity index (χ3n) is 5.53. The molecule has 0 saturated heterocycles. The zero-order valence-electron chi connectivity index (χ0n) is 16.1. The van der Waals surface area contributed by atoms with Gasteiger partial charge < -0.3 is 14.2 Å². The third-order valence-corrected chi connectivity index (χ3v) is 5.53. The van der Waals surface area contributed by atoms with Crippen LogP contribution in [0.1, 0.15) is 0 Å². The molecule has 3 nitrogen and oxygen atoms in total. The summed E-state index contributed by atoms with van der Waals surface area (Å²) in [5, 5.41) is 9.34. The highest BCUT2D eigenvalue weighted by Crippen LogP contribution is 2.40. The normalized spacial score (nSPS) is 11.4. The molecule has 0 N–H and O–H groups in total. The predicted molar refractivity (Wildman–Crippen MR) is 116 cm³/mol. The molecule has 0 aromatic heterocycles. The van der Waals surface area contributed by atoms with Gasteiger partial charge in [-0.05, 0) is 68.7 Å². The lowest BCUT2D eigenvalue weighted by Gasteiger charge is -2.14. The van der Waals surface area contributed by atoms with Crippen LogP contribution < -0.4 is 14.2 Å². The summed E-state index contributed by atoms with van der Waals surface area (Å²) in [5.41, 5.74) is 0. The molecule has 0 unspecified atom stereocenters. The first-order chi connectivity index (χ1) is 13.7. The Hall–Kier alpha value is -3.46. The fraction of sp³-hybridized carbons (Fsp3) is 0.120. The van der Waals surface area contributed by atoms with Gasteiger partial charge in [0, 0.05) is 10.8 Å². The lowest BCUT2D eigenvalue weighted by molar-refractivity contribution is 0.358. The van der Waals surface area contributed by atoms with Crippen molar-refractivity contribution >= 4 is 43.1 Å². The van der Waals surface area contributed by atoms with Crippen LogP contribution in [-0.4, -0.2) is 21.3 Å². The van der Waals surface area contributed by atoms with Gasteiger partial charge in [0.2, 0.25) is 0 Å². The maximum atomic E-state index is 5.64. The van der Waals surface area contributed by atoms with E-state index in [-0.39, 0.29) is 0 Å². The fourth-order valence-electron chi connectivity index (χ4n) is 4.20. The van der Waals surface area contributed by atoms with E-state index in [4.69, 9.17) is 14.2 Å². The summed E-state index contributed by atoms with van der Waals surface area (Å²) in [6, 6.07) is 23.4. The van der Waals surface area contributed by atoms with Crippen molar-refractivity contribution in [3.63, 3.8) is 0 Å². The van der Waals surface area contributed by atoms with Gasteiger partial charge in [0.05, 0.1) is 21.3 Å². The molecule has 0 amide bonds. The maximum absolute atomic E-state index is 5.64. The number of benzene rings is 5. The van der Waals surface area contributed by atoms with Gasteiger partial charge in [-0.25, -0.2) is 0 Å². The monoisotopic (exact) mass is 368 g/mol. The minimum Gasteiger partial charge on any atom is -0.496 e. The van der Waals surface area contributed by atoms with Crippen LogP contribution in [0.25, 0.3) is 43.1 Å². The van der Waals surface area contributed by atoms with Gasteiger partial charge in [-0.2, -0.15) is 0 Å². The summed E-state index contributed by atoms with van der Waals surface area (Å²) in [7, 11) is 5.06. The van der Waals surface area contributed by atoms with Crippen molar-refractivity contribution in [2.45, 2.75) is 0 Å². The van der Waals surface area contributed by atoms with Gasteiger partial charge in [-0.15, -0.1) is 0 Å². The number of methoxy groups -OCH3 is 3. The molecule has 0 heterocycles. The first-order valence-electron chi connectivity index (χ1n) is 9.22. The minimum absolute atomic E-state index is 0.741. The average Bonchev–Trinajstić information content (AvgIpc) is 2.75. The Kier molecular flexibility index (Phi) is 3.76. The number of rotatable bonds is 3. The largest absolute Gasteiger partial charge is 0.496 e. The molecule has 5 rings (SSSR count). The van der Waals surface area contributed by atoms with Gasteiger partial charge in [-0.1, -0.05) is 30.3 Å². The smallest absolute Gasteiger partial charge is 0.168 e. The molecular weight excluding hydrogens is 348 g/mol. The molecule has 0 aliphatic rings. The summed E-state index contributed by atoms with van der Waals surface area (Å²) < 4.78 is 16.7. The Morgan fingerprint density at radius 2 is 1.11 bits per heavy atom. The van der Waals surface area contributed by atoms with Crippen molar-refractivity contribution in [1.29, 1.82) is 0 Å². The highest BCUT2D eigenvalue weighted by atomic mass is 16.5. The van der Waals surface area contributed by atoms with E-state index in [2.05, 4.69) is 48.5 Å². The molecule has 0 aliphatic heterocycles. The van der Waals surface area contributed by atoms with E-state index in [0.29, 0.717) is 0 Å².